The number of nitrogens with one attached hydrogen (secondary N) is 1. The van der Waals surface area contributed by atoms with Gasteiger partial charge in [-0.25, -0.2) is 10.5 Å². The third-order valence-electron chi connectivity index (χ3n) is 2.74. The number of hydrogen-bond acceptors (Lipinski definition) is 5. The van der Waals surface area contributed by atoms with Gasteiger partial charge in [-0.2, -0.15) is 0 Å². The Kier molecular flexibility index (Phi) is 3.00. The molecule has 100 valence electrons. The highest BCUT2D eigenvalue weighted by Gasteiger charge is 2.16. The number of aliphatic imine (C=N–C) groups is 1. The van der Waals surface area contributed by atoms with E-state index in [0.717, 1.165) is 0 Å². The summed E-state index contributed by atoms with van der Waals surface area (Å²) >= 11 is 5.85. The predicted molar refractivity (Wildman–Crippen MR) is 74.5 cm³/mol. The van der Waals surface area contributed by atoms with Crippen LogP contribution in [0, 0.1) is 10.1 Å². The second-order valence-electron chi connectivity index (χ2n) is 4.08. The molecule has 0 spiro atoms. The molecule has 0 atom stereocenters. The first-order valence-electron chi connectivity index (χ1n) is 5.69. The van der Waals surface area contributed by atoms with Crippen molar-refractivity contribution in [3.8, 4) is 5.75 Å². The van der Waals surface area contributed by atoms with Crippen molar-refractivity contribution in [1.82, 2.24) is 5.48 Å². The Hall–Kier alpha value is -2.60. The van der Waals surface area contributed by atoms with Crippen LogP contribution in [-0.4, -0.2) is 10.8 Å². The van der Waals surface area contributed by atoms with Gasteiger partial charge < -0.3 is 4.84 Å². The number of non-ortho nitro benzene ring substituents is 1. The fraction of sp³-hybridized carbons (Fsp3) is 0. The van der Waals surface area contributed by atoms with Gasteiger partial charge >= 0.3 is 0 Å². The number of nitro benzene ring substituents is 1. The van der Waals surface area contributed by atoms with Crippen LogP contribution in [0.4, 0.5) is 11.4 Å². The van der Waals surface area contributed by atoms with Crippen LogP contribution in [0.15, 0.2) is 47.5 Å². The molecule has 0 bridgehead atoms. The van der Waals surface area contributed by atoms with Gasteiger partial charge in [0.1, 0.15) is 5.69 Å². The lowest BCUT2D eigenvalue weighted by atomic mass is 10.2. The number of rotatable bonds is 2. The highest BCUT2D eigenvalue weighted by atomic mass is 35.5. The molecule has 0 amide bonds. The first-order chi connectivity index (χ1) is 9.63. The highest BCUT2D eigenvalue weighted by molar-refractivity contribution is 6.30. The molecule has 0 fully saturated rings. The van der Waals surface area contributed by atoms with Crippen LogP contribution in [0.5, 0.6) is 5.75 Å². The Balaban J connectivity index is 2.01. The zero-order valence-electron chi connectivity index (χ0n) is 10.0. The van der Waals surface area contributed by atoms with Gasteiger partial charge in [-0.15, -0.1) is 0 Å². The first-order valence-corrected chi connectivity index (χ1v) is 6.07. The molecule has 0 radical (unpaired) electrons. The van der Waals surface area contributed by atoms with Gasteiger partial charge in [0, 0.05) is 28.8 Å². The normalized spacial score (nSPS) is 12.8. The number of nitrogens with zero attached hydrogens (tertiary/aromatic N) is 2. The molecule has 1 N–H and O–H groups in total. The number of nitro groups is 1. The van der Waals surface area contributed by atoms with Crippen molar-refractivity contribution in [3.63, 3.8) is 0 Å². The standard InChI is InChI=1S/C13H8ClN3O3/c14-9-4-5-11-12(7-9)20-16-13(15-11)8-2-1-3-10(6-8)17(18)19/h1-7H,(H,15,16). The van der Waals surface area contributed by atoms with Crippen LogP contribution in [0.1, 0.15) is 5.56 Å². The molecule has 0 unspecified atom stereocenters. The van der Waals surface area contributed by atoms with Crippen molar-refractivity contribution in [1.29, 1.82) is 0 Å². The number of hydrogen-bond donors (Lipinski definition) is 1. The van der Waals surface area contributed by atoms with Crippen molar-refractivity contribution >= 4 is 28.8 Å². The van der Waals surface area contributed by atoms with Gasteiger partial charge in [-0.05, 0) is 12.1 Å². The molecule has 0 saturated carbocycles. The van der Waals surface area contributed by atoms with Gasteiger partial charge in [0.05, 0.1) is 4.92 Å². The summed E-state index contributed by atoms with van der Waals surface area (Å²) in [7, 11) is 0. The van der Waals surface area contributed by atoms with Crippen LogP contribution in [0.2, 0.25) is 5.02 Å². The van der Waals surface area contributed by atoms with Crippen molar-refractivity contribution in [2.24, 2.45) is 4.99 Å². The van der Waals surface area contributed by atoms with E-state index in [0.29, 0.717) is 27.9 Å². The fourth-order valence-electron chi connectivity index (χ4n) is 1.80. The third kappa shape index (κ3) is 2.28. The van der Waals surface area contributed by atoms with E-state index < -0.39 is 4.92 Å². The Labute approximate surface area is 118 Å². The van der Waals surface area contributed by atoms with Gasteiger partial charge in [0.2, 0.25) is 0 Å². The monoisotopic (exact) mass is 289 g/mol. The van der Waals surface area contributed by atoms with E-state index in [4.69, 9.17) is 16.4 Å². The minimum atomic E-state index is -0.457. The predicted octanol–water partition coefficient (Wildman–Crippen LogP) is 3.22. The van der Waals surface area contributed by atoms with Gasteiger partial charge in [0.15, 0.2) is 11.6 Å². The average molecular weight is 290 g/mol. The quantitative estimate of drug-likeness (QED) is 0.680. The summed E-state index contributed by atoms with van der Waals surface area (Å²) in [5.41, 5.74) is 3.82. The van der Waals surface area contributed by atoms with Gasteiger partial charge in [-0.1, -0.05) is 23.7 Å². The molecule has 0 saturated heterocycles. The Morgan fingerprint density at radius 2 is 2.10 bits per heavy atom. The Bertz CT molecular complexity index is 731. The fourth-order valence-corrected chi connectivity index (χ4v) is 1.96. The summed E-state index contributed by atoms with van der Waals surface area (Å²) in [6.07, 6.45) is 0. The molecule has 2 aromatic rings. The molecule has 1 heterocycles. The van der Waals surface area contributed by atoms with Crippen molar-refractivity contribution in [2.45, 2.75) is 0 Å². The second-order valence-corrected chi connectivity index (χ2v) is 4.52. The van der Waals surface area contributed by atoms with E-state index in [-0.39, 0.29) is 5.69 Å². The van der Waals surface area contributed by atoms with E-state index in [1.54, 1.807) is 30.3 Å². The molecular formula is C13H8ClN3O3. The summed E-state index contributed by atoms with van der Waals surface area (Å²) in [4.78, 5) is 20.0. The Morgan fingerprint density at radius 1 is 1.25 bits per heavy atom. The zero-order chi connectivity index (χ0) is 14.1. The molecule has 1 aliphatic heterocycles. The van der Waals surface area contributed by atoms with E-state index >= 15 is 0 Å². The maximum absolute atomic E-state index is 10.8. The van der Waals surface area contributed by atoms with Gasteiger partial charge in [-0.3, -0.25) is 10.1 Å². The number of hydroxylamine groups is 1. The molecule has 7 heteroatoms. The summed E-state index contributed by atoms with van der Waals surface area (Å²) < 4.78 is 0. The lowest BCUT2D eigenvalue weighted by Crippen LogP contribution is -2.30. The van der Waals surface area contributed by atoms with Crippen LogP contribution in [-0.2, 0) is 0 Å². The smallest absolute Gasteiger partial charge is 0.270 e. The van der Waals surface area contributed by atoms with Crippen molar-refractivity contribution in [3.05, 3.63) is 63.2 Å². The highest BCUT2D eigenvalue weighted by Crippen LogP contribution is 2.32. The molecule has 6 nitrogen and oxygen atoms in total. The summed E-state index contributed by atoms with van der Waals surface area (Å²) in [5.74, 6) is 0.912. The topological polar surface area (TPSA) is 76.8 Å². The van der Waals surface area contributed by atoms with E-state index in [1.807, 2.05) is 0 Å². The molecule has 20 heavy (non-hydrogen) atoms. The minimum Gasteiger partial charge on any atom is -0.378 e. The van der Waals surface area contributed by atoms with Crippen LogP contribution >= 0.6 is 11.6 Å². The van der Waals surface area contributed by atoms with Crippen LogP contribution in [0.3, 0.4) is 0 Å². The maximum atomic E-state index is 10.8. The second kappa shape index (κ2) is 4.82. The Morgan fingerprint density at radius 3 is 2.90 bits per heavy atom. The molecule has 3 rings (SSSR count). The number of halogens is 1. The lowest BCUT2D eigenvalue weighted by molar-refractivity contribution is -0.384. The van der Waals surface area contributed by atoms with E-state index in [2.05, 4.69) is 10.5 Å². The molecule has 0 aliphatic carbocycles. The molecule has 1 aliphatic rings. The average Bonchev–Trinajstić information content (AvgIpc) is 2.47. The van der Waals surface area contributed by atoms with E-state index in [1.165, 1.54) is 12.1 Å². The summed E-state index contributed by atoms with van der Waals surface area (Å²) in [6.45, 7) is 0. The number of benzene rings is 2. The number of fused-ring (bicyclic) bond motifs is 1. The molecular weight excluding hydrogens is 282 g/mol. The summed E-state index contributed by atoms with van der Waals surface area (Å²) in [6, 6.07) is 11.2. The zero-order valence-corrected chi connectivity index (χ0v) is 10.8. The minimum absolute atomic E-state index is 0.00565. The SMILES string of the molecule is O=[N+]([O-])c1cccc(C2=Nc3ccc(Cl)cc3ON2)c1. The third-order valence-corrected chi connectivity index (χ3v) is 2.98. The van der Waals surface area contributed by atoms with Crippen molar-refractivity contribution in [2.75, 3.05) is 0 Å². The largest absolute Gasteiger partial charge is 0.378 e. The van der Waals surface area contributed by atoms with Crippen LogP contribution in [0.25, 0.3) is 0 Å². The van der Waals surface area contributed by atoms with Crippen molar-refractivity contribution < 1.29 is 9.76 Å². The summed E-state index contributed by atoms with van der Waals surface area (Å²) in [5, 5.41) is 11.3. The lowest BCUT2D eigenvalue weighted by Gasteiger charge is -2.17. The maximum Gasteiger partial charge on any atom is 0.270 e. The first kappa shape index (κ1) is 12.4. The number of amidine groups is 1. The molecule has 0 aromatic heterocycles. The van der Waals surface area contributed by atoms with Crippen LogP contribution < -0.4 is 10.3 Å². The van der Waals surface area contributed by atoms with E-state index in [9.17, 15) is 10.1 Å². The van der Waals surface area contributed by atoms with Gasteiger partial charge in [0.25, 0.3) is 5.69 Å². The molecule has 2 aromatic carbocycles.